The van der Waals surface area contributed by atoms with Crippen LogP contribution in [0.5, 0.6) is 0 Å². The van der Waals surface area contributed by atoms with Gasteiger partial charge in [-0.15, -0.1) is 0 Å². The Hall–Kier alpha value is -3.19. The monoisotopic (exact) mass is 422 g/mol. The van der Waals surface area contributed by atoms with Gasteiger partial charge in [-0.3, -0.25) is 4.79 Å². The van der Waals surface area contributed by atoms with Crippen LogP contribution >= 0.6 is 12.2 Å². The molecule has 2 aromatic carbocycles. The smallest absolute Gasteiger partial charge is 0.313 e. The highest BCUT2D eigenvalue weighted by atomic mass is 32.1. The van der Waals surface area contributed by atoms with Gasteiger partial charge in [-0.25, -0.2) is 4.68 Å². The molecule has 0 saturated carbocycles. The van der Waals surface area contributed by atoms with Gasteiger partial charge >= 0.3 is 5.97 Å². The second kappa shape index (κ2) is 9.54. The van der Waals surface area contributed by atoms with Gasteiger partial charge in [0.2, 0.25) is 0 Å². The molecular formula is C23H26N4O2S. The summed E-state index contributed by atoms with van der Waals surface area (Å²) in [5.41, 5.74) is 2.37. The lowest BCUT2D eigenvalue weighted by Crippen LogP contribution is -2.32. The minimum Gasteiger partial charge on any atom is -0.442 e. The average Bonchev–Trinajstić information content (AvgIpc) is 3.18. The fraction of sp³-hybridized carbons (Fsp3) is 0.261. The molecule has 0 atom stereocenters. The summed E-state index contributed by atoms with van der Waals surface area (Å²) in [6, 6.07) is 20.2. The van der Waals surface area contributed by atoms with Crippen LogP contribution in [0.15, 0.2) is 73.1 Å². The fourth-order valence-corrected chi connectivity index (χ4v) is 3.02. The molecule has 0 aliphatic rings. The predicted octanol–water partition coefficient (Wildman–Crippen LogP) is 4.51. The zero-order valence-electron chi connectivity index (χ0n) is 17.3. The quantitative estimate of drug-likeness (QED) is 0.450. The van der Waals surface area contributed by atoms with E-state index < -0.39 is 5.41 Å². The van der Waals surface area contributed by atoms with Gasteiger partial charge in [0, 0.05) is 0 Å². The maximum atomic E-state index is 11.9. The van der Waals surface area contributed by atoms with Crippen LogP contribution in [-0.2, 0) is 16.3 Å². The summed E-state index contributed by atoms with van der Waals surface area (Å²) in [6.45, 7) is 5.48. The van der Waals surface area contributed by atoms with Gasteiger partial charge in [0.05, 0.1) is 29.5 Å². The van der Waals surface area contributed by atoms with E-state index in [1.54, 1.807) is 17.1 Å². The standard InChI is InChI=1S/C23H26N4O2S/c1-23(2,3)21(28)29-16-27-15-19(14-24-27)25-22(30)26-20(17-10-6-4-7-11-17)18-12-8-5-9-13-18/h4-15,20H,16H2,1-3H3,(H2,25,26,30). The molecule has 0 spiro atoms. The second-order valence-corrected chi connectivity index (χ2v) is 8.34. The number of carbonyl (C=O) groups excluding carboxylic acids is 1. The third kappa shape index (κ3) is 5.90. The van der Waals surface area contributed by atoms with E-state index in [0.29, 0.717) is 10.8 Å². The molecule has 30 heavy (non-hydrogen) atoms. The first-order valence-corrected chi connectivity index (χ1v) is 10.1. The van der Waals surface area contributed by atoms with Crippen LogP contribution < -0.4 is 10.6 Å². The van der Waals surface area contributed by atoms with E-state index in [1.165, 1.54) is 0 Å². The summed E-state index contributed by atoms with van der Waals surface area (Å²) in [4.78, 5) is 11.9. The number of thiocarbonyl (C=S) groups is 1. The van der Waals surface area contributed by atoms with Crippen LogP contribution in [0.1, 0.15) is 37.9 Å². The van der Waals surface area contributed by atoms with Gasteiger partial charge in [0.25, 0.3) is 0 Å². The first-order chi connectivity index (χ1) is 14.3. The second-order valence-electron chi connectivity index (χ2n) is 7.93. The van der Waals surface area contributed by atoms with Crippen molar-refractivity contribution in [1.82, 2.24) is 15.1 Å². The van der Waals surface area contributed by atoms with Gasteiger partial charge in [-0.05, 0) is 44.1 Å². The molecule has 0 bridgehead atoms. The number of nitrogens with one attached hydrogen (secondary N) is 2. The number of anilines is 1. The molecule has 7 heteroatoms. The predicted molar refractivity (Wildman–Crippen MR) is 122 cm³/mol. The molecule has 0 amide bonds. The van der Waals surface area contributed by atoms with Gasteiger partial charge in [0.15, 0.2) is 11.8 Å². The van der Waals surface area contributed by atoms with Crippen LogP contribution in [0, 0.1) is 5.41 Å². The zero-order chi connectivity index (χ0) is 21.6. The molecule has 156 valence electrons. The highest BCUT2D eigenvalue weighted by Gasteiger charge is 2.23. The van der Waals surface area contributed by atoms with Crippen LogP contribution in [0.25, 0.3) is 0 Å². The van der Waals surface area contributed by atoms with E-state index in [9.17, 15) is 4.79 Å². The summed E-state index contributed by atoms with van der Waals surface area (Å²) in [5, 5.41) is 11.2. The third-order valence-corrected chi connectivity index (χ3v) is 4.59. The molecule has 6 nitrogen and oxygen atoms in total. The van der Waals surface area contributed by atoms with Crippen LogP contribution in [-0.4, -0.2) is 20.9 Å². The fourth-order valence-electron chi connectivity index (χ4n) is 2.79. The number of esters is 1. The number of hydrogen-bond acceptors (Lipinski definition) is 4. The Morgan fingerprint density at radius 1 is 1.07 bits per heavy atom. The molecule has 0 aliphatic heterocycles. The number of rotatable bonds is 6. The van der Waals surface area contributed by atoms with Crippen molar-refractivity contribution in [3.63, 3.8) is 0 Å². The molecule has 0 radical (unpaired) electrons. The molecule has 0 saturated heterocycles. The van der Waals surface area contributed by atoms with Crippen molar-refractivity contribution >= 4 is 29.0 Å². The van der Waals surface area contributed by atoms with Crippen molar-refractivity contribution in [2.45, 2.75) is 33.5 Å². The number of carbonyl (C=O) groups is 1. The number of nitrogens with zero attached hydrogens (tertiary/aromatic N) is 2. The van der Waals surface area contributed by atoms with E-state index in [0.717, 1.165) is 11.1 Å². The number of benzene rings is 2. The Morgan fingerprint density at radius 2 is 1.63 bits per heavy atom. The normalized spacial score (nSPS) is 11.2. The first-order valence-electron chi connectivity index (χ1n) is 9.70. The van der Waals surface area contributed by atoms with E-state index >= 15 is 0 Å². The molecule has 3 rings (SSSR count). The summed E-state index contributed by atoms with van der Waals surface area (Å²) < 4.78 is 6.82. The van der Waals surface area contributed by atoms with Crippen molar-refractivity contribution < 1.29 is 9.53 Å². The van der Waals surface area contributed by atoms with E-state index in [2.05, 4.69) is 40.0 Å². The maximum Gasteiger partial charge on any atom is 0.313 e. The Morgan fingerprint density at radius 3 is 2.17 bits per heavy atom. The van der Waals surface area contributed by atoms with Gasteiger partial charge < -0.3 is 15.4 Å². The lowest BCUT2D eigenvalue weighted by atomic mass is 9.98. The van der Waals surface area contributed by atoms with E-state index in [-0.39, 0.29) is 18.7 Å². The van der Waals surface area contributed by atoms with Crippen molar-refractivity contribution in [3.8, 4) is 0 Å². The minimum atomic E-state index is -0.552. The third-order valence-electron chi connectivity index (χ3n) is 4.37. The lowest BCUT2D eigenvalue weighted by molar-refractivity contribution is -0.157. The van der Waals surface area contributed by atoms with Crippen molar-refractivity contribution in [3.05, 3.63) is 84.2 Å². The molecule has 0 aliphatic carbocycles. The van der Waals surface area contributed by atoms with E-state index in [1.807, 2.05) is 57.2 Å². The van der Waals surface area contributed by atoms with Crippen molar-refractivity contribution in [1.29, 1.82) is 0 Å². The summed E-state index contributed by atoms with van der Waals surface area (Å²) in [5.74, 6) is -0.279. The molecule has 2 N–H and O–H groups in total. The Balaban J connectivity index is 1.64. The molecule has 0 unspecified atom stereocenters. The zero-order valence-corrected chi connectivity index (χ0v) is 18.1. The topological polar surface area (TPSA) is 68.2 Å². The SMILES string of the molecule is CC(C)(C)C(=O)OCn1cc(NC(=S)NC(c2ccccc2)c2ccccc2)cn1. The Kier molecular flexibility index (Phi) is 6.84. The molecule has 0 fully saturated rings. The number of hydrogen-bond donors (Lipinski definition) is 2. The Labute approximate surface area is 182 Å². The summed E-state index contributed by atoms with van der Waals surface area (Å²) >= 11 is 5.53. The first kappa shape index (κ1) is 21.5. The number of aromatic nitrogens is 2. The highest BCUT2D eigenvalue weighted by molar-refractivity contribution is 7.80. The van der Waals surface area contributed by atoms with Gasteiger partial charge in [-0.1, -0.05) is 60.7 Å². The maximum absolute atomic E-state index is 11.9. The highest BCUT2D eigenvalue weighted by Crippen LogP contribution is 2.22. The summed E-state index contributed by atoms with van der Waals surface area (Å²) in [6.07, 6.45) is 3.38. The van der Waals surface area contributed by atoms with Crippen molar-refractivity contribution in [2.24, 2.45) is 5.41 Å². The van der Waals surface area contributed by atoms with Crippen LogP contribution in [0.3, 0.4) is 0 Å². The van der Waals surface area contributed by atoms with Crippen LogP contribution in [0.4, 0.5) is 5.69 Å². The Bertz CT molecular complexity index is 942. The van der Waals surface area contributed by atoms with Crippen LogP contribution in [0.2, 0.25) is 0 Å². The number of ether oxygens (including phenoxy) is 1. The summed E-state index contributed by atoms with van der Waals surface area (Å²) in [7, 11) is 0. The average molecular weight is 423 g/mol. The van der Waals surface area contributed by atoms with E-state index in [4.69, 9.17) is 17.0 Å². The molecule has 3 aromatic rings. The lowest BCUT2D eigenvalue weighted by Gasteiger charge is -2.21. The van der Waals surface area contributed by atoms with Gasteiger partial charge in [0.1, 0.15) is 0 Å². The van der Waals surface area contributed by atoms with Crippen molar-refractivity contribution in [2.75, 3.05) is 5.32 Å². The molecule has 1 aromatic heterocycles. The largest absolute Gasteiger partial charge is 0.442 e. The minimum absolute atomic E-state index is 0.0502. The molecular weight excluding hydrogens is 396 g/mol. The molecule has 1 heterocycles. The van der Waals surface area contributed by atoms with Gasteiger partial charge in [-0.2, -0.15) is 5.10 Å².